The van der Waals surface area contributed by atoms with E-state index in [4.69, 9.17) is 0 Å². The molecular formula is C16H33N. The summed E-state index contributed by atoms with van der Waals surface area (Å²) in [6, 6.07) is 0. The largest absolute Gasteiger partial charge is 0.316 e. The van der Waals surface area contributed by atoms with E-state index in [9.17, 15) is 0 Å². The van der Waals surface area contributed by atoms with E-state index in [-0.39, 0.29) is 0 Å². The van der Waals surface area contributed by atoms with E-state index in [0.29, 0.717) is 0 Å². The number of hydrogen-bond donors (Lipinski definition) is 1. The van der Waals surface area contributed by atoms with Crippen molar-refractivity contribution in [2.45, 2.75) is 66.2 Å². The number of nitrogens with one attached hydrogen (secondary N) is 1. The molecule has 1 rings (SSSR count). The summed E-state index contributed by atoms with van der Waals surface area (Å²) in [6.45, 7) is 11.8. The summed E-state index contributed by atoms with van der Waals surface area (Å²) in [6.07, 6.45) is 8.67. The molecule has 1 N–H and O–H groups in total. The van der Waals surface area contributed by atoms with Gasteiger partial charge in [0.05, 0.1) is 0 Å². The van der Waals surface area contributed by atoms with Gasteiger partial charge in [-0.1, -0.05) is 53.4 Å². The van der Waals surface area contributed by atoms with Gasteiger partial charge in [-0.3, -0.25) is 0 Å². The molecule has 1 saturated carbocycles. The van der Waals surface area contributed by atoms with E-state index in [1.54, 1.807) is 0 Å². The monoisotopic (exact) mass is 239 g/mol. The SMILES string of the molecule is CCCC(C)CC1CCCC1CNCC(C)C. The van der Waals surface area contributed by atoms with Gasteiger partial charge in [0.1, 0.15) is 0 Å². The highest BCUT2D eigenvalue weighted by molar-refractivity contribution is 4.80. The summed E-state index contributed by atoms with van der Waals surface area (Å²) >= 11 is 0. The average Bonchev–Trinajstić information content (AvgIpc) is 2.65. The van der Waals surface area contributed by atoms with Gasteiger partial charge >= 0.3 is 0 Å². The molecule has 1 aliphatic carbocycles. The van der Waals surface area contributed by atoms with Crippen LogP contribution in [-0.4, -0.2) is 13.1 Å². The van der Waals surface area contributed by atoms with Crippen molar-refractivity contribution in [3.05, 3.63) is 0 Å². The van der Waals surface area contributed by atoms with Crippen LogP contribution in [-0.2, 0) is 0 Å². The van der Waals surface area contributed by atoms with Crippen LogP contribution in [0.15, 0.2) is 0 Å². The summed E-state index contributed by atoms with van der Waals surface area (Å²) in [5.74, 6) is 3.70. The molecular weight excluding hydrogens is 206 g/mol. The van der Waals surface area contributed by atoms with Crippen molar-refractivity contribution < 1.29 is 0 Å². The van der Waals surface area contributed by atoms with Gasteiger partial charge < -0.3 is 5.32 Å². The molecule has 3 unspecified atom stereocenters. The zero-order valence-electron chi connectivity index (χ0n) is 12.5. The fourth-order valence-corrected chi connectivity index (χ4v) is 3.38. The molecule has 1 fully saturated rings. The van der Waals surface area contributed by atoms with E-state index in [1.165, 1.54) is 51.6 Å². The number of rotatable bonds is 8. The van der Waals surface area contributed by atoms with E-state index < -0.39 is 0 Å². The fraction of sp³-hybridized carbons (Fsp3) is 1.00. The summed E-state index contributed by atoms with van der Waals surface area (Å²) in [4.78, 5) is 0. The number of hydrogen-bond acceptors (Lipinski definition) is 1. The highest BCUT2D eigenvalue weighted by Crippen LogP contribution is 2.36. The lowest BCUT2D eigenvalue weighted by Gasteiger charge is -2.23. The molecule has 3 atom stereocenters. The first-order chi connectivity index (χ1) is 8.13. The van der Waals surface area contributed by atoms with Gasteiger partial charge in [-0.2, -0.15) is 0 Å². The Hall–Kier alpha value is -0.0400. The lowest BCUT2D eigenvalue weighted by atomic mass is 9.85. The van der Waals surface area contributed by atoms with Gasteiger partial charge in [0, 0.05) is 0 Å². The summed E-state index contributed by atoms with van der Waals surface area (Å²) in [5, 5.41) is 3.66. The molecule has 1 nitrogen and oxygen atoms in total. The molecule has 0 aromatic rings. The molecule has 17 heavy (non-hydrogen) atoms. The Kier molecular flexibility index (Phi) is 7.18. The van der Waals surface area contributed by atoms with Crippen LogP contribution in [0.25, 0.3) is 0 Å². The normalized spacial score (nSPS) is 26.6. The topological polar surface area (TPSA) is 12.0 Å². The van der Waals surface area contributed by atoms with Gasteiger partial charge in [0.15, 0.2) is 0 Å². The molecule has 0 bridgehead atoms. The second-order valence-electron chi connectivity index (χ2n) is 6.63. The van der Waals surface area contributed by atoms with Gasteiger partial charge in [-0.15, -0.1) is 0 Å². The Labute approximate surface area is 109 Å². The average molecular weight is 239 g/mol. The van der Waals surface area contributed by atoms with Crippen molar-refractivity contribution in [1.82, 2.24) is 5.32 Å². The molecule has 0 aromatic heterocycles. The first-order valence-electron chi connectivity index (χ1n) is 7.84. The zero-order chi connectivity index (χ0) is 12.7. The van der Waals surface area contributed by atoms with Crippen LogP contribution < -0.4 is 5.32 Å². The standard InChI is InChI=1S/C16H33N/c1-5-7-14(4)10-15-8-6-9-16(15)12-17-11-13(2)3/h13-17H,5-12H2,1-4H3. The molecule has 0 amide bonds. The van der Waals surface area contributed by atoms with E-state index in [2.05, 4.69) is 33.0 Å². The van der Waals surface area contributed by atoms with E-state index in [0.717, 1.165) is 23.7 Å². The van der Waals surface area contributed by atoms with Gasteiger partial charge in [-0.05, 0) is 49.6 Å². The Balaban J connectivity index is 2.23. The summed E-state index contributed by atoms with van der Waals surface area (Å²) < 4.78 is 0. The van der Waals surface area contributed by atoms with Crippen molar-refractivity contribution in [2.75, 3.05) is 13.1 Å². The predicted molar refractivity (Wildman–Crippen MR) is 77.2 cm³/mol. The maximum absolute atomic E-state index is 3.66. The first kappa shape index (κ1) is 15.0. The van der Waals surface area contributed by atoms with Crippen molar-refractivity contribution >= 4 is 0 Å². The lowest BCUT2D eigenvalue weighted by molar-refractivity contribution is 0.292. The minimum Gasteiger partial charge on any atom is -0.316 e. The van der Waals surface area contributed by atoms with Crippen molar-refractivity contribution in [2.24, 2.45) is 23.7 Å². The van der Waals surface area contributed by atoms with Crippen LogP contribution in [0, 0.1) is 23.7 Å². The van der Waals surface area contributed by atoms with Crippen molar-refractivity contribution in [1.29, 1.82) is 0 Å². The molecule has 0 aliphatic heterocycles. The smallest absolute Gasteiger partial charge is 0.00178 e. The Morgan fingerprint density at radius 2 is 1.82 bits per heavy atom. The Morgan fingerprint density at radius 1 is 1.12 bits per heavy atom. The van der Waals surface area contributed by atoms with Crippen LogP contribution in [0.1, 0.15) is 66.2 Å². The van der Waals surface area contributed by atoms with Gasteiger partial charge in [-0.25, -0.2) is 0 Å². The predicted octanol–water partition coefficient (Wildman–Crippen LogP) is 4.47. The molecule has 0 spiro atoms. The second kappa shape index (κ2) is 8.13. The first-order valence-corrected chi connectivity index (χ1v) is 7.84. The van der Waals surface area contributed by atoms with Crippen molar-refractivity contribution in [3.63, 3.8) is 0 Å². The maximum Gasteiger partial charge on any atom is -0.00178 e. The summed E-state index contributed by atoms with van der Waals surface area (Å²) in [5.41, 5.74) is 0. The molecule has 1 heteroatoms. The maximum atomic E-state index is 3.66. The van der Waals surface area contributed by atoms with E-state index >= 15 is 0 Å². The molecule has 0 heterocycles. The van der Waals surface area contributed by atoms with E-state index in [1.807, 2.05) is 0 Å². The zero-order valence-corrected chi connectivity index (χ0v) is 12.5. The van der Waals surface area contributed by atoms with Crippen LogP contribution in [0.4, 0.5) is 0 Å². The molecule has 0 radical (unpaired) electrons. The fourth-order valence-electron chi connectivity index (χ4n) is 3.38. The molecule has 0 aromatic carbocycles. The molecule has 1 aliphatic rings. The summed E-state index contributed by atoms with van der Waals surface area (Å²) in [7, 11) is 0. The lowest BCUT2D eigenvalue weighted by Crippen LogP contribution is -2.28. The van der Waals surface area contributed by atoms with Crippen molar-refractivity contribution in [3.8, 4) is 0 Å². The Morgan fingerprint density at radius 3 is 2.47 bits per heavy atom. The quantitative estimate of drug-likeness (QED) is 0.659. The third-order valence-electron chi connectivity index (χ3n) is 4.26. The van der Waals surface area contributed by atoms with Crippen LogP contribution >= 0.6 is 0 Å². The molecule has 0 saturated heterocycles. The minimum atomic E-state index is 0.786. The van der Waals surface area contributed by atoms with Crippen LogP contribution in [0.3, 0.4) is 0 Å². The second-order valence-corrected chi connectivity index (χ2v) is 6.63. The van der Waals surface area contributed by atoms with Crippen LogP contribution in [0.2, 0.25) is 0 Å². The minimum absolute atomic E-state index is 0.786. The van der Waals surface area contributed by atoms with Crippen LogP contribution in [0.5, 0.6) is 0 Å². The molecule has 102 valence electrons. The highest BCUT2D eigenvalue weighted by Gasteiger charge is 2.27. The highest BCUT2D eigenvalue weighted by atomic mass is 14.9. The Bertz CT molecular complexity index is 188. The van der Waals surface area contributed by atoms with Gasteiger partial charge in [0.25, 0.3) is 0 Å². The third kappa shape index (κ3) is 5.90. The van der Waals surface area contributed by atoms with Gasteiger partial charge in [0.2, 0.25) is 0 Å². The third-order valence-corrected chi connectivity index (χ3v) is 4.26.